The summed E-state index contributed by atoms with van der Waals surface area (Å²) in [6, 6.07) is 3.42. The number of rotatable bonds is 7. The van der Waals surface area contributed by atoms with Gasteiger partial charge >= 0.3 is 0 Å². The van der Waals surface area contributed by atoms with Crippen LogP contribution in [0.25, 0.3) is 0 Å². The van der Waals surface area contributed by atoms with E-state index in [2.05, 4.69) is 0 Å². The van der Waals surface area contributed by atoms with Gasteiger partial charge in [-0.15, -0.1) is 0 Å². The Morgan fingerprint density at radius 1 is 1.21 bits per heavy atom. The molecule has 4 nitrogen and oxygen atoms in total. The third-order valence-electron chi connectivity index (χ3n) is 2.76. The van der Waals surface area contributed by atoms with Crippen LogP contribution < -0.4 is 0 Å². The van der Waals surface area contributed by atoms with Crippen molar-refractivity contribution < 1.29 is 17.9 Å². The molecule has 0 atom stereocenters. The molecule has 1 aromatic rings. The molecule has 0 heterocycles. The van der Waals surface area contributed by atoms with Crippen LogP contribution in [0.3, 0.4) is 0 Å². The lowest BCUT2D eigenvalue weighted by Crippen LogP contribution is -2.33. The molecule has 108 valence electrons. The van der Waals surface area contributed by atoms with Crippen LogP contribution in [0, 0.1) is 5.82 Å². The average molecular weight is 289 g/mol. The summed E-state index contributed by atoms with van der Waals surface area (Å²) in [5.74, 6) is -0.622. The summed E-state index contributed by atoms with van der Waals surface area (Å²) in [5, 5.41) is 9.21. The van der Waals surface area contributed by atoms with Crippen LogP contribution in [-0.4, -0.2) is 30.9 Å². The van der Waals surface area contributed by atoms with Crippen LogP contribution in [0.2, 0.25) is 0 Å². The van der Waals surface area contributed by atoms with Gasteiger partial charge in [-0.25, -0.2) is 12.8 Å². The van der Waals surface area contributed by atoms with E-state index in [0.29, 0.717) is 25.9 Å². The van der Waals surface area contributed by atoms with Crippen LogP contribution in [0.4, 0.5) is 4.39 Å². The van der Waals surface area contributed by atoms with Crippen LogP contribution >= 0.6 is 0 Å². The molecular formula is C13H20FNO3S. The van der Waals surface area contributed by atoms with Crippen LogP contribution in [0.5, 0.6) is 0 Å². The maximum Gasteiger partial charge on any atom is 0.243 e. The Balaban J connectivity index is 3.27. The SMILES string of the molecule is CCCN(CCC)S(=O)(=O)c1cc(F)ccc1CO. The molecule has 1 N–H and O–H groups in total. The third kappa shape index (κ3) is 3.75. The molecular weight excluding hydrogens is 269 g/mol. The molecule has 0 fully saturated rings. The van der Waals surface area contributed by atoms with E-state index in [4.69, 9.17) is 0 Å². The van der Waals surface area contributed by atoms with Crippen molar-refractivity contribution >= 4 is 10.0 Å². The lowest BCUT2D eigenvalue weighted by Gasteiger charge is -2.22. The Kier molecular flexibility index (Phi) is 5.90. The second-order valence-electron chi connectivity index (χ2n) is 4.31. The van der Waals surface area contributed by atoms with E-state index in [-0.39, 0.29) is 10.5 Å². The number of sulfonamides is 1. The lowest BCUT2D eigenvalue weighted by atomic mass is 10.2. The van der Waals surface area contributed by atoms with Gasteiger partial charge in [-0.05, 0) is 30.5 Å². The number of hydrogen-bond acceptors (Lipinski definition) is 3. The third-order valence-corrected chi connectivity index (χ3v) is 4.74. The molecule has 0 radical (unpaired) electrons. The molecule has 1 rings (SSSR count). The molecule has 0 bridgehead atoms. The second kappa shape index (κ2) is 6.98. The highest BCUT2D eigenvalue weighted by Crippen LogP contribution is 2.22. The van der Waals surface area contributed by atoms with Crippen molar-refractivity contribution in [2.45, 2.75) is 38.2 Å². The van der Waals surface area contributed by atoms with Gasteiger partial charge in [-0.2, -0.15) is 4.31 Å². The van der Waals surface area contributed by atoms with Gasteiger partial charge in [0.05, 0.1) is 11.5 Å². The molecule has 19 heavy (non-hydrogen) atoms. The van der Waals surface area contributed by atoms with E-state index < -0.39 is 22.4 Å². The number of aliphatic hydroxyl groups excluding tert-OH is 1. The highest BCUT2D eigenvalue weighted by molar-refractivity contribution is 7.89. The van der Waals surface area contributed by atoms with Gasteiger partial charge in [-0.1, -0.05) is 19.9 Å². The summed E-state index contributed by atoms with van der Waals surface area (Å²) >= 11 is 0. The zero-order valence-corrected chi connectivity index (χ0v) is 12.1. The predicted molar refractivity (Wildman–Crippen MR) is 71.7 cm³/mol. The number of nitrogens with zero attached hydrogens (tertiary/aromatic N) is 1. The van der Waals surface area contributed by atoms with Crippen LogP contribution in [-0.2, 0) is 16.6 Å². The quantitative estimate of drug-likeness (QED) is 0.836. The fourth-order valence-electron chi connectivity index (χ4n) is 1.89. The molecule has 1 aromatic carbocycles. The highest BCUT2D eigenvalue weighted by Gasteiger charge is 2.26. The summed E-state index contributed by atoms with van der Waals surface area (Å²) < 4.78 is 39.6. The van der Waals surface area contributed by atoms with Crippen molar-refractivity contribution in [3.05, 3.63) is 29.6 Å². The maximum atomic E-state index is 13.3. The van der Waals surface area contributed by atoms with Crippen LogP contribution in [0.1, 0.15) is 32.3 Å². The minimum absolute atomic E-state index is 0.142. The van der Waals surface area contributed by atoms with Crippen molar-refractivity contribution in [3.63, 3.8) is 0 Å². The van der Waals surface area contributed by atoms with Gasteiger partial charge in [0.15, 0.2) is 0 Å². The lowest BCUT2D eigenvalue weighted by molar-refractivity contribution is 0.277. The number of hydrogen-bond donors (Lipinski definition) is 1. The summed E-state index contributed by atoms with van der Waals surface area (Å²) in [6.07, 6.45) is 1.37. The maximum absolute atomic E-state index is 13.3. The minimum atomic E-state index is -3.76. The summed E-state index contributed by atoms with van der Waals surface area (Å²) in [4.78, 5) is -0.142. The number of aliphatic hydroxyl groups is 1. The highest BCUT2D eigenvalue weighted by atomic mass is 32.2. The molecule has 0 unspecified atom stereocenters. The fraction of sp³-hybridized carbons (Fsp3) is 0.538. The summed E-state index contributed by atoms with van der Waals surface area (Å²) in [7, 11) is -3.76. The van der Waals surface area contributed by atoms with E-state index in [1.165, 1.54) is 10.4 Å². The normalized spacial score (nSPS) is 12.1. The first-order valence-corrected chi connectivity index (χ1v) is 7.80. The Morgan fingerprint density at radius 3 is 2.26 bits per heavy atom. The Hall–Kier alpha value is -0.980. The zero-order valence-electron chi connectivity index (χ0n) is 11.3. The average Bonchev–Trinajstić information content (AvgIpc) is 2.38. The van der Waals surface area contributed by atoms with E-state index in [0.717, 1.165) is 12.1 Å². The van der Waals surface area contributed by atoms with E-state index in [9.17, 15) is 17.9 Å². The van der Waals surface area contributed by atoms with Gasteiger partial charge in [0, 0.05) is 13.1 Å². The van der Waals surface area contributed by atoms with Gasteiger partial charge in [0.25, 0.3) is 0 Å². The molecule has 0 aliphatic rings. The minimum Gasteiger partial charge on any atom is -0.392 e. The largest absolute Gasteiger partial charge is 0.392 e. The van der Waals surface area contributed by atoms with Gasteiger partial charge in [0.2, 0.25) is 10.0 Å². The fourth-order valence-corrected chi connectivity index (χ4v) is 3.74. The number of benzene rings is 1. The molecule has 0 saturated carbocycles. The predicted octanol–water partition coefficient (Wildman–Crippen LogP) is 2.13. The van der Waals surface area contributed by atoms with Gasteiger partial charge in [-0.3, -0.25) is 0 Å². The molecule has 0 aliphatic carbocycles. The van der Waals surface area contributed by atoms with Gasteiger partial charge < -0.3 is 5.11 Å². The van der Waals surface area contributed by atoms with Crippen molar-refractivity contribution in [2.75, 3.05) is 13.1 Å². The first-order chi connectivity index (χ1) is 8.97. The molecule has 0 aliphatic heterocycles. The van der Waals surface area contributed by atoms with E-state index in [1.54, 1.807) is 0 Å². The van der Waals surface area contributed by atoms with E-state index in [1.807, 2.05) is 13.8 Å². The van der Waals surface area contributed by atoms with E-state index >= 15 is 0 Å². The monoisotopic (exact) mass is 289 g/mol. The molecule has 0 aromatic heterocycles. The molecule has 0 amide bonds. The summed E-state index contributed by atoms with van der Waals surface area (Å²) in [5.41, 5.74) is 0.221. The Morgan fingerprint density at radius 2 is 1.79 bits per heavy atom. The smallest absolute Gasteiger partial charge is 0.243 e. The van der Waals surface area contributed by atoms with Crippen molar-refractivity contribution in [2.24, 2.45) is 0 Å². The van der Waals surface area contributed by atoms with Crippen LogP contribution in [0.15, 0.2) is 23.1 Å². The topological polar surface area (TPSA) is 57.6 Å². The second-order valence-corrected chi connectivity index (χ2v) is 6.22. The Labute approximate surface area is 113 Å². The molecule has 0 spiro atoms. The first kappa shape index (κ1) is 16.1. The van der Waals surface area contributed by atoms with Gasteiger partial charge in [0.1, 0.15) is 5.82 Å². The standard InChI is InChI=1S/C13H20FNO3S/c1-3-7-15(8-4-2)19(17,18)13-9-12(14)6-5-11(13)10-16/h5-6,9,16H,3-4,7-8,10H2,1-2H3. The molecule has 0 saturated heterocycles. The Bertz CT molecular complexity index is 511. The van der Waals surface area contributed by atoms with Crippen molar-refractivity contribution in [1.82, 2.24) is 4.31 Å². The molecule has 6 heteroatoms. The zero-order chi connectivity index (χ0) is 14.5. The first-order valence-electron chi connectivity index (χ1n) is 6.36. The van der Waals surface area contributed by atoms with Crippen molar-refractivity contribution in [1.29, 1.82) is 0 Å². The van der Waals surface area contributed by atoms with Crippen molar-refractivity contribution in [3.8, 4) is 0 Å². The number of halogens is 1. The summed E-state index contributed by atoms with van der Waals surface area (Å²) in [6.45, 7) is 4.11.